The molecule has 0 radical (unpaired) electrons. The van der Waals surface area contributed by atoms with Gasteiger partial charge in [-0.1, -0.05) is 69.0 Å². The van der Waals surface area contributed by atoms with E-state index in [0.29, 0.717) is 5.92 Å². The van der Waals surface area contributed by atoms with Crippen molar-refractivity contribution in [3.05, 3.63) is 124 Å². The van der Waals surface area contributed by atoms with Gasteiger partial charge in [-0.2, -0.15) is 52.6 Å². The normalized spacial score (nSPS) is 10.4. The molecule has 4 aromatic rings. The monoisotopic (exact) mass is 564 g/mol. The molecule has 5 rings (SSSR count). The number of hydrogen-bond donors (Lipinski definition) is 0. The summed E-state index contributed by atoms with van der Waals surface area (Å²) in [6.07, 6.45) is 1.05. The van der Waals surface area contributed by atoms with E-state index in [1.807, 2.05) is 6.07 Å². The van der Waals surface area contributed by atoms with Gasteiger partial charge in [0.25, 0.3) is 0 Å². The minimum atomic E-state index is 0. The fourth-order valence-electron chi connectivity index (χ4n) is 4.11. The zero-order valence-corrected chi connectivity index (χ0v) is 24.6. The Morgan fingerprint density at radius 1 is 0.882 bits per heavy atom. The fourth-order valence-corrected chi connectivity index (χ4v) is 4.58. The third kappa shape index (κ3) is 8.23. The largest absolute Gasteiger partial charge is 1.00 e. The van der Waals surface area contributed by atoms with E-state index in [9.17, 15) is 0 Å². The minimum Gasteiger partial charge on any atom is -1.00 e. The molecule has 0 amide bonds. The smallest absolute Gasteiger partial charge is 0.0253 e. The first kappa shape index (κ1) is 30.4. The van der Waals surface area contributed by atoms with Crippen LogP contribution in [0, 0.1) is 26.8 Å². The van der Waals surface area contributed by atoms with Gasteiger partial charge in [-0.3, -0.25) is 0 Å². The van der Waals surface area contributed by atoms with E-state index in [0.717, 1.165) is 6.42 Å². The Morgan fingerprint density at radius 3 is 2.09 bits per heavy atom. The first-order valence-electron chi connectivity index (χ1n) is 11.3. The Balaban J connectivity index is 0.000000253. The van der Waals surface area contributed by atoms with Gasteiger partial charge in [0.15, 0.2) is 0 Å². The molecular weight excluding hydrogens is 534 g/mol. The molecule has 0 nitrogen and oxygen atoms in total. The van der Waals surface area contributed by atoms with Gasteiger partial charge in [0, 0.05) is 0 Å². The van der Waals surface area contributed by atoms with Crippen LogP contribution >= 0.6 is 0 Å². The summed E-state index contributed by atoms with van der Waals surface area (Å²) in [5.41, 5.74) is 12.5. The van der Waals surface area contributed by atoms with Crippen molar-refractivity contribution < 1.29 is 49.0 Å². The van der Waals surface area contributed by atoms with Crippen LogP contribution in [-0.4, -0.2) is 3.71 Å². The number of aryl methyl sites for hydroxylation is 3. The molecule has 1 aliphatic rings. The molecule has 4 aromatic carbocycles. The first-order chi connectivity index (χ1) is 15.4. The summed E-state index contributed by atoms with van der Waals surface area (Å²) < 4.78 is 2.19. The van der Waals surface area contributed by atoms with Crippen molar-refractivity contribution in [3.8, 4) is 11.1 Å². The topological polar surface area (TPSA) is 0 Å². The third-order valence-corrected chi connectivity index (χ3v) is 6.58. The number of hydrogen-bond acceptors (Lipinski definition) is 0. The summed E-state index contributed by atoms with van der Waals surface area (Å²) in [4.78, 5) is 0. The predicted molar refractivity (Wildman–Crippen MR) is 135 cm³/mol. The van der Waals surface area contributed by atoms with E-state index >= 15 is 0 Å². The second kappa shape index (κ2) is 14.7. The van der Waals surface area contributed by atoms with Crippen molar-refractivity contribution in [3.63, 3.8) is 0 Å². The van der Waals surface area contributed by atoms with Gasteiger partial charge in [-0.25, -0.2) is 6.07 Å². The molecule has 3 heteroatoms. The van der Waals surface area contributed by atoms with Gasteiger partial charge in [0.1, 0.15) is 0 Å². The molecule has 34 heavy (non-hydrogen) atoms. The van der Waals surface area contributed by atoms with E-state index in [1.165, 1.54) is 74.3 Å². The van der Waals surface area contributed by atoms with Crippen LogP contribution in [0.1, 0.15) is 58.7 Å². The summed E-state index contributed by atoms with van der Waals surface area (Å²) in [6.45, 7) is 10.9. The van der Waals surface area contributed by atoms with Crippen LogP contribution in [0.4, 0.5) is 0 Å². The molecule has 0 aromatic heterocycles. The molecule has 0 bridgehead atoms. The van der Waals surface area contributed by atoms with Crippen LogP contribution in [0.25, 0.3) is 11.1 Å². The summed E-state index contributed by atoms with van der Waals surface area (Å²) in [5.74, 6) is 0.675. The number of halogens is 2. The molecule has 0 saturated carbocycles. The molecule has 0 atom stereocenters. The Morgan fingerprint density at radius 2 is 1.53 bits per heavy atom. The maximum atomic E-state index is 3.30. The van der Waals surface area contributed by atoms with Crippen LogP contribution in [0.5, 0.6) is 0 Å². The first-order valence-corrected chi connectivity index (χ1v) is 12.7. The average Bonchev–Trinajstić information content (AvgIpc) is 3.34. The molecule has 0 aliphatic heterocycles. The Labute approximate surface area is 233 Å². The molecule has 0 heterocycles. The van der Waals surface area contributed by atoms with E-state index in [1.54, 1.807) is 0 Å². The second-order valence-electron chi connectivity index (χ2n) is 8.78. The fraction of sp³-hybridized carbons (Fsp3) is 0.226. The summed E-state index contributed by atoms with van der Waals surface area (Å²) in [7, 11) is 0. The van der Waals surface area contributed by atoms with E-state index in [2.05, 4.69) is 117 Å². The Bertz CT molecular complexity index is 1130. The zero-order chi connectivity index (χ0) is 23.1. The molecule has 176 valence electrons. The van der Waals surface area contributed by atoms with Gasteiger partial charge in [-0.15, -0.1) is 5.56 Å². The summed E-state index contributed by atoms with van der Waals surface area (Å²) in [6, 6.07) is 31.2. The van der Waals surface area contributed by atoms with Crippen molar-refractivity contribution in [1.29, 1.82) is 0 Å². The Kier molecular flexibility index (Phi) is 13.1. The van der Waals surface area contributed by atoms with Crippen molar-refractivity contribution in [2.75, 3.05) is 0 Å². The van der Waals surface area contributed by atoms with Gasteiger partial charge < -0.3 is 24.8 Å². The molecule has 0 spiro atoms. The number of benzene rings is 3. The van der Waals surface area contributed by atoms with Crippen LogP contribution in [0.3, 0.4) is 0 Å². The van der Waals surface area contributed by atoms with E-state index in [-0.39, 0.29) is 24.8 Å². The van der Waals surface area contributed by atoms with Gasteiger partial charge in [-0.05, 0) is 6.42 Å². The third-order valence-electron chi connectivity index (χ3n) is 5.77. The van der Waals surface area contributed by atoms with Gasteiger partial charge in [0.2, 0.25) is 0 Å². The van der Waals surface area contributed by atoms with Crippen molar-refractivity contribution >= 4 is 3.71 Å². The molecule has 0 N–H and O–H groups in total. The SMILES string of the molecule is Cc1cc(C(C)C)c(C)[cH-]1.Cc1ccc([CH]=[Zr+2])cc1.[Cl-].[Cl-].[c-]1cccc2c1Cc1ccccc1-2. The van der Waals surface area contributed by atoms with Gasteiger partial charge >= 0.3 is 70.3 Å². The number of fused-ring (bicyclic) bond motifs is 3. The van der Waals surface area contributed by atoms with Crippen LogP contribution in [-0.2, 0) is 30.7 Å². The zero-order valence-electron chi connectivity index (χ0n) is 20.6. The van der Waals surface area contributed by atoms with Crippen LogP contribution < -0.4 is 24.8 Å². The van der Waals surface area contributed by atoms with Crippen molar-refractivity contribution in [2.45, 2.75) is 47.0 Å². The minimum absolute atomic E-state index is 0. The predicted octanol–water partition coefficient (Wildman–Crippen LogP) is 1.90. The molecule has 0 saturated heterocycles. The number of rotatable bonds is 2. The van der Waals surface area contributed by atoms with E-state index < -0.39 is 0 Å². The average molecular weight is 567 g/mol. The quantitative estimate of drug-likeness (QED) is 0.287. The molecule has 0 fully saturated rings. The van der Waals surface area contributed by atoms with E-state index in [4.69, 9.17) is 0 Å². The molecular formula is C31H32Cl2Zr-2. The van der Waals surface area contributed by atoms with Crippen molar-refractivity contribution in [1.82, 2.24) is 0 Å². The van der Waals surface area contributed by atoms with Crippen LogP contribution in [0.2, 0.25) is 0 Å². The summed E-state index contributed by atoms with van der Waals surface area (Å²) in [5, 5.41) is 0. The maximum Gasteiger partial charge on any atom is -0.0253 e. The standard InChI is InChI=1S/C13H9.C10H15.C8H8.2ClH.Zr/c1-3-7-12-10(5-1)9-11-6-2-4-8-13(11)12;1-7(2)10-6-8(3)5-9(10)4;1-7-3-5-8(2)6-4-7;;;/h1-5,7-8H,9H2;5-7H,1-4H3;1,3-6H,2H3;2*1H;/q2*-1;;;;+2/p-2. The van der Waals surface area contributed by atoms with Crippen molar-refractivity contribution in [2.24, 2.45) is 0 Å². The second-order valence-corrected chi connectivity index (χ2v) is 9.49. The Hall–Kier alpha value is -1.66. The summed E-state index contributed by atoms with van der Waals surface area (Å²) >= 11 is 1.47. The van der Waals surface area contributed by atoms with Crippen LogP contribution in [0.15, 0.2) is 78.9 Å². The molecule has 1 aliphatic carbocycles. The maximum absolute atomic E-state index is 3.30. The van der Waals surface area contributed by atoms with Gasteiger partial charge in [0.05, 0.1) is 0 Å². The molecule has 0 unspecified atom stereocenters.